The fraction of sp³-hybridized carbons (Fsp3) is 0.174. The van der Waals surface area contributed by atoms with Crippen LogP contribution >= 0.6 is 11.3 Å². The number of anilines is 1. The number of carbonyl (C=O) groups is 1. The Morgan fingerprint density at radius 3 is 2.39 bits per heavy atom. The van der Waals surface area contributed by atoms with Crippen molar-refractivity contribution in [2.75, 3.05) is 5.32 Å². The number of nitriles is 1. The van der Waals surface area contributed by atoms with Crippen LogP contribution < -0.4 is 5.32 Å². The zero-order valence-corrected chi connectivity index (χ0v) is 16.9. The summed E-state index contributed by atoms with van der Waals surface area (Å²) in [6, 6.07) is 19.6. The van der Waals surface area contributed by atoms with Gasteiger partial charge in [-0.2, -0.15) is 5.26 Å². The van der Waals surface area contributed by atoms with Crippen molar-refractivity contribution >= 4 is 28.5 Å². The average molecular weight is 388 g/mol. The molecule has 3 rings (SSSR count). The van der Waals surface area contributed by atoms with Crippen LogP contribution in [0.5, 0.6) is 0 Å². The van der Waals surface area contributed by atoms with E-state index in [1.165, 1.54) is 16.9 Å². The minimum absolute atomic E-state index is 0.0416. The number of hydrogen-bond acceptors (Lipinski definition) is 4. The molecule has 0 fully saturated rings. The van der Waals surface area contributed by atoms with Crippen molar-refractivity contribution in [1.82, 2.24) is 4.98 Å². The van der Waals surface area contributed by atoms with E-state index in [4.69, 9.17) is 0 Å². The molecule has 1 N–H and O–H groups in total. The van der Waals surface area contributed by atoms with Gasteiger partial charge in [-0.05, 0) is 22.6 Å². The predicted octanol–water partition coefficient (Wildman–Crippen LogP) is 5.65. The second kappa shape index (κ2) is 8.20. The minimum atomic E-state index is -0.462. The summed E-state index contributed by atoms with van der Waals surface area (Å²) in [6.45, 7) is 6.43. The van der Waals surface area contributed by atoms with Gasteiger partial charge in [-0.15, -0.1) is 11.3 Å². The van der Waals surface area contributed by atoms with Crippen molar-refractivity contribution in [3.05, 3.63) is 76.7 Å². The van der Waals surface area contributed by atoms with E-state index in [-0.39, 0.29) is 11.0 Å². The summed E-state index contributed by atoms with van der Waals surface area (Å²) in [5.74, 6) is -0.462. The Labute approximate surface area is 169 Å². The molecule has 0 atom stereocenters. The SMILES string of the molecule is CC(C)(C)c1ccc(C=C(C#N)C(=O)Nc2nc(-c3ccccc3)cs2)cc1. The van der Waals surface area contributed by atoms with E-state index in [9.17, 15) is 10.1 Å². The molecule has 0 saturated carbocycles. The number of hydrogen-bond donors (Lipinski definition) is 1. The van der Waals surface area contributed by atoms with Gasteiger partial charge in [0.1, 0.15) is 11.6 Å². The first kappa shape index (κ1) is 19.5. The molecule has 0 unspecified atom stereocenters. The quantitative estimate of drug-likeness (QED) is 0.464. The highest BCUT2D eigenvalue weighted by atomic mass is 32.1. The highest BCUT2D eigenvalue weighted by molar-refractivity contribution is 7.14. The molecule has 0 aliphatic rings. The molecule has 1 heterocycles. The van der Waals surface area contributed by atoms with E-state index in [0.29, 0.717) is 5.13 Å². The summed E-state index contributed by atoms with van der Waals surface area (Å²) >= 11 is 1.33. The third-order valence-electron chi connectivity index (χ3n) is 4.25. The molecule has 0 aliphatic heterocycles. The number of thiazole rings is 1. The van der Waals surface area contributed by atoms with Gasteiger partial charge < -0.3 is 0 Å². The number of amides is 1. The topological polar surface area (TPSA) is 65.8 Å². The van der Waals surface area contributed by atoms with Gasteiger partial charge in [0, 0.05) is 10.9 Å². The number of nitrogens with one attached hydrogen (secondary N) is 1. The Hall–Kier alpha value is -3.23. The first-order chi connectivity index (χ1) is 13.4. The van der Waals surface area contributed by atoms with Crippen LogP contribution in [0.4, 0.5) is 5.13 Å². The van der Waals surface area contributed by atoms with Crippen LogP contribution in [0.15, 0.2) is 65.6 Å². The molecular weight excluding hydrogens is 366 g/mol. The van der Waals surface area contributed by atoms with Crippen LogP contribution in [-0.4, -0.2) is 10.9 Å². The van der Waals surface area contributed by atoms with Crippen LogP contribution in [-0.2, 0) is 10.2 Å². The predicted molar refractivity (Wildman–Crippen MR) is 115 cm³/mol. The van der Waals surface area contributed by atoms with Crippen molar-refractivity contribution in [2.45, 2.75) is 26.2 Å². The Kier molecular flexibility index (Phi) is 5.72. The summed E-state index contributed by atoms with van der Waals surface area (Å²) in [6.07, 6.45) is 1.59. The smallest absolute Gasteiger partial charge is 0.268 e. The van der Waals surface area contributed by atoms with Gasteiger partial charge in [0.25, 0.3) is 5.91 Å². The van der Waals surface area contributed by atoms with Crippen LogP contribution in [0.2, 0.25) is 0 Å². The normalized spacial score (nSPS) is 11.7. The maximum absolute atomic E-state index is 12.5. The summed E-state index contributed by atoms with van der Waals surface area (Å²) < 4.78 is 0. The van der Waals surface area contributed by atoms with Crippen molar-refractivity contribution in [2.24, 2.45) is 0 Å². The molecule has 0 bridgehead atoms. The summed E-state index contributed by atoms with van der Waals surface area (Å²) in [5.41, 5.74) is 3.88. The lowest BCUT2D eigenvalue weighted by atomic mass is 9.86. The first-order valence-corrected chi connectivity index (χ1v) is 9.79. The molecule has 28 heavy (non-hydrogen) atoms. The van der Waals surface area contributed by atoms with Crippen molar-refractivity contribution in [3.8, 4) is 17.3 Å². The van der Waals surface area contributed by atoms with E-state index in [1.807, 2.05) is 66.0 Å². The van der Waals surface area contributed by atoms with E-state index in [0.717, 1.165) is 16.8 Å². The standard InChI is InChI=1S/C23H21N3OS/c1-23(2,3)19-11-9-16(10-12-19)13-18(14-24)21(27)26-22-25-20(15-28-22)17-7-5-4-6-8-17/h4-13,15H,1-3H3,(H,25,26,27). The zero-order valence-electron chi connectivity index (χ0n) is 16.1. The van der Waals surface area contributed by atoms with Gasteiger partial charge in [-0.1, -0.05) is 75.4 Å². The maximum Gasteiger partial charge on any atom is 0.268 e. The Morgan fingerprint density at radius 1 is 1.11 bits per heavy atom. The lowest BCUT2D eigenvalue weighted by molar-refractivity contribution is -0.112. The second-order valence-electron chi connectivity index (χ2n) is 7.40. The molecule has 2 aromatic carbocycles. The van der Waals surface area contributed by atoms with Gasteiger partial charge >= 0.3 is 0 Å². The fourth-order valence-electron chi connectivity index (χ4n) is 2.63. The van der Waals surface area contributed by atoms with Crippen molar-refractivity contribution in [1.29, 1.82) is 5.26 Å². The van der Waals surface area contributed by atoms with Crippen LogP contribution in [0.1, 0.15) is 31.9 Å². The molecule has 1 amide bonds. The van der Waals surface area contributed by atoms with Crippen molar-refractivity contribution < 1.29 is 4.79 Å². The molecular formula is C23H21N3OS. The number of aromatic nitrogens is 1. The number of nitrogens with zero attached hydrogens (tertiary/aromatic N) is 2. The van der Waals surface area contributed by atoms with E-state index in [2.05, 4.69) is 31.1 Å². The monoisotopic (exact) mass is 387 g/mol. The maximum atomic E-state index is 12.5. The second-order valence-corrected chi connectivity index (χ2v) is 8.26. The Morgan fingerprint density at radius 2 is 1.79 bits per heavy atom. The van der Waals surface area contributed by atoms with Gasteiger partial charge in [-0.3, -0.25) is 10.1 Å². The molecule has 0 spiro atoms. The molecule has 0 aliphatic carbocycles. The highest BCUT2D eigenvalue weighted by Crippen LogP contribution is 2.25. The van der Waals surface area contributed by atoms with E-state index < -0.39 is 5.91 Å². The molecule has 1 aromatic heterocycles. The first-order valence-electron chi connectivity index (χ1n) is 8.91. The minimum Gasteiger partial charge on any atom is -0.297 e. The van der Waals surface area contributed by atoms with Gasteiger partial charge in [0.15, 0.2) is 5.13 Å². The highest BCUT2D eigenvalue weighted by Gasteiger charge is 2.14. The molecule has 5 heteroatoms. The third-order valence-corrected chi connectivity index (χ3v) is 5.00. The molecule has 3 aromatic rings. The van der Waals surface area contributed by atoms with Gasteiger partial charge in [0.05, 0.1) is 5.69 Å². The molecule has 0 saturated heterocycles. The zero-order chi connectivity index (χ0) is 20.1. The lowest BCUT2D eigenvalue weighted by Gasteiger charge is -2.18. The summed E-state index contributed by atoms with van der Waals surface area (Å²) in [5, 5.41) is 14.5. The van der Waals surface area contributed by atoms with Crippen molar-refractivity contribution in [3.63, 3.8) is 0 Å². The van der Waals surface area contributed by atoms with E-state index >= 15 is 0 Å². The molecule has 140 valence electrons. The lowest BCUT2D eigenvalue weighted by Crippen LogP contribution is -2.13. The molecule has 0 radical (unpaired) electrons. The van der Waals surface area contributed by atoms with E-state index in [1.54, 1.807) is 6.08 Å². The number of carbonyl (C=O) groups excluding carboxylic acids is 1. The van der Waals surface area contributed by atoms with Crippen LogP contribution in [0.3, 0.4) is 0 Å². The van der Waals surface area contributed by atoms with Crippen LogP contribution in [0.25, 0.3) is 17.3 Å². The fourth-order valence-corrected chi connectivity index (χ4v) is 3.35. The van der Waals surface area contributed by atoms with Crippen LogP contribution in [0, 0.1) is 11.3 Å². The summed E-state index contributed by atoms with van der Waals surface area (Å²) in [4.78, 5) is 16.9. The number of rotatable bonds is 4. The number of benzene rings is 2. The average Bonchev–Trinajstić information content (AvgIpc) is 3.15. The summed E-state index contributed by atoms with van der Waals surface area (Å²) in [7, 11) is 0. The molecule has 4 nitrogen and oxygen atoms in total. The Balaban J connectivity index is 1.74. The van der Waals surface area contributed by atoms with Gasteiger partial charge in [-0.25, -0.2) is 4.98 Å². The van der Waals surface area contributed by atoms with Gasteiger partial charge in [0.2, 0.25) is 0 Å². The Bertz CT molecular complexity index is 1040. The third kappa shape index (κ3) is 4.73. The largest absolute Gasteiger partial charge is 0.297 e.